The fraction of sp³-hybridized carbons (Fsp3) is 0.222. The molecule has 0 aliphatic heterocycles. The van der Waals surface area contributed by atoms with Gasteiger partial charge >= 0.3 is 0 Å². The Balaban J connectivity index is 1.65. The maximum atomic E-state index is 6.07. The monoisotopic (exact) mass is 471 g/mol. The van der Waals surface area contributed by atoms with Crippen LogP contribution in [-0.2, 0) is 18.9 Å². The fourth-order valence-corrected chi connectivity index (χ4v) is 3.86. The lowest BCUT2D eigenvalue weighted by atomic mass is 10.2. The van der Waals surface area contributed by atoms with Gasteiger partial charge < -0.3 is 9.30 Å². The van der Waals surface area contributed by atoms with Crippen molar-refractivity contribution in [2.75, 3.05) is 0 Å². The van der Waals surface area contributed by atoms with E-state index in [1.807, 2.05) is 42.5 Å². The van der Waals surface area contributed by atoms with Crippen molar-refractivity contribution in [2.24, 2.45) is 0 Å². The molecule has 0 unspecified atom stereocenters. The summed E-state index contributed by atoms with van der Waals surface area (Å²) in [6.07, 6.45) is 0. The molecule has 0 saturated carbocycles. The Labute approximate surface area is 175 Å². The highest BCUT2D eigenvalue weighted by atomic mass is 79.9. The third-order valence-electron chi connectivity index (χ3n) is 3.64. The molecule has 2 aromatic carbocycles. The van der Waals surface area contributed by atoms with Gasteiger partial charge in [0.05, 0.1) is 10.0 Å². The first-order valence-corrected chi connectivity index (χ1v) is 10.5. The molecule has 0 aliphatic carbocycles. The van der Waals surface area contributed by atoms with E-state index in [-0.39, 0.29) is 0 Å². The topological polar surface area (TPSA) is 39.9 Å². The number of nitrogens with zero attached hydrogens (tertiary/aromatic N) is 3. The molecule has 4 nitrogen and oxygen atoms in total. The average Bonchev–Trinajstić information content (AvgIpc) is 3.04. The van der Waals surface area contributed by atoms with Gasteiger partial charge in [0.15, 0.2) is 11.0 Å². The first-order valence-electron chi connectivity index (χ1n) is 7.94. The van der Waals surface area contributed by atoms with E-state index in [1.54, 1.807) is 11.8 Å². The molecule has 0 spiro atoms. The van der Waals surface area contributed by atoms with Gasteiger partial charge in [0.1, 0.15) is 12.4 Å². The predicted molar refractivity (Wildman–Crippen MR) is 110 cm³/mol. The number of ether oxygens (including phenoxy) is 1. The van der Waals surface area contributed by atoms with Crippen LogP contribution < -0.4 is 4.74 Å². The second-order valence-corrected chi connectivity index (χ2v) is 8.10. The van der Waals surface area contributed by atoms with Gasteiger partial charge in [-0.2, -0.15) is 0 Å². The van der Waals surface area contributed by atoms with Gasteiger partial charge in [-0.25, -0.2) is 0 Å². The van der Waals surface area contributed by atoms with Crippen LogP contribution in [0.4, 0.5) is 0 Å². The summed E-state index contributed by atoms with van der Waals surface area (Å²) in [5, 5.41) is 10.5. The molecule has 0 amide bonds. The first-order chi connectivity index (χ1) is 12.6. The summed E-state index contributed by atoms with van der Waals surface area (Å²) in [5.41, 5.74) is 1.09. The second kappa shape index (κ2) is 9.13. The summed E-state index contributed by atoms with van der Waals surface area (Å²) < 4.78 is 8.88. The van der Waals surface area contributed by atoms with Crippen molar-refractivity contribution in [1.29, 1.82) is 0 Å². The summed E-state index contributed by atoms with van der Waals surface area (Å²) in [6, 6.07) is 13.4. The Bertz CT molecular complexity index is 887. The van der Waals surface area contributed by atoms with Gasteiger partial charge in [0.25, 0.3) is 0 Å². The van der Waals surface area contributed by atoms with E-state index < -0.39 is 0 Å². The summed E-state index contributed by atoms with van der Waals surface area (Å²) in [7, 11) is 0. The number of thioether (sulfide) groups is 1. The van der Waals surface area contributed by atoms with Gasteiger partial charge in [0.2, 0.25) is 0 Å². The van der Waals surface area contributed by atoms with Crippen LogP contribution in [0.3, 0.4) is 0 Å². The Morgan fingerprint density at radius 2 is 1.85 bits per heavy atom. The van der Waals surface area contributed by atoms with E-state index in [1.165, 1.54) is 0 Å². The molecule has 0 radical (unpaired) electrons. The summed E-state index contributed by atoms with van der Waals surface area (Å²) in [5.74, 6) is 2.33. The number of hydrogen-bond acceptors (Lipinski definition) is 4. The minimum absolute atomic E-state index is 0.371. The Morgan fingerprint density at radius 1 is 1.08 bits per heavy atom. The molecule has 0 fully saturated rings. The molecule has 0 N–H and O–H groups in total. The van der Waals surface area contributed by atoms with Crippen molar-refractivity contribution in [3.8, 4) is 5.75 Å². The molecule has 0 bridgehead atoms. The maximum Gasteiger partial charge on any atom is 0.191 e. The zero-order valence-corrected chi connectivity index (χ0v) is 17.9. The number of halogens is 3. The fourth-order valence-electron chi connectivity index (χ4n) is 2.31. The average molecular weight is 473 g/mol. The van der Waals surface area contributed by atoms with Crippen LogP contribution in [0.15, 0.2) is 52.1 Å². The van der Waals surface area contributed by atoms with Crippen LogP contribution in [0, 0.1) is 0 Å². The highest BCUT2D eigenvalue weighted by Gasteiger charge is 2.12. The zero-order chi connectivity index (χ0) is 18.5. The molecule has 3 rings (SSSR count). The normalized spacial score (nSPS) is 10.9. The molecular weight excluding hydrogens is 457 g/mol. The molecule has 136 valence electrons. The van der Waals surface area contributed by atoms with Crippen LogP contribution in [0.25, 0.3) is 0 Å². The Kier molecular flexibility index (Phi) is 6.86. The maximum absolute atomic E-state index is 6.07. The minimum atomic E-state index is 0.371. The van der Waals surface area contributed by atoms with E-state index in [0.717, 1.165) is 39.1 Å². The summed E-state index contributed by atoms with van der Waals surface area (Å²) in [4.78, 5) is 0. The molecule has 0 aliphatic rings. The van der Waals surface area contributed by atoms with Crippen molar-refractivity contribution in [3.05, 3.63) is 68.4 Å². The largest absolute Gasteiger partial charge is 0.486 e. The third-order valence-corrected chi connectivity index (χ3v) is 5.95. The van der Waals surface area contributed by atoms with Gasteiger partial charge in [-0.05, 0) is 48.9 Å². The van der Waals surface area contributed by atoms with E-state index in [0.29, 0.717) is 16.7 Å². The van der Waals surface area contributed by atoms with E-state index in [2.05, 4.69) is 37.6 Å². The van der Waals surface area contributed by atoms with Gasteiger partial charge in [-0.3, -0.25) is 0 Å². The lowest BCUT2D eigenvalue weighted by Crippen LogP contribution is -2.07. The zero-order valence-electron chi connectivity index (χ0n) is 14.0. The number of hydrogen-bond donors (Lipinski definition) is 0. The van der Waals surface area contributed by atoms with Gasteiger partial charge in [-0.15, -0.1) is 10.2 Å². The number of rotatable bonds is 7. The first kappa shape index (κ1) is 19.5. The molecule has 0 saturated heterocycles. The third kappa shape index (κ3) is 4.94. The smallest absolute Gasteiger partial charge is 0.191 e. The molecule has 1 aromatic heterocycles. The molecule has 8 heteroatoms. The van der Waals surface area contributed by atoms with Crippen molar-refractivity contribution >= 4 is 50.9 Å². The second-order valence-electron chi connectivity index (χ2n) is 5.42. The quantitative estimate of drug-likeness (QED) is 0.381. The molecule has 26 heavy (non-hydrogen) atoms. The van der Waals surface area contributed by atoms with Crippen LogP contribution in [0.1, 0.15) is 18.3 Å². The van der Waals surface area contributed by atoms with E-state index in [9.17, 15) is 0 Å². The molecular formula is C18H16BrCl2N3OS. The SMILES string of the molecule is CCn1c(COc2ccc(Br)cc2)nnc1SCc1ccc(Cl)c(Cl)c1. The molecule has 3 aromatic rings. The predicted octanol–water partition coefficient (Wildman–Crippen LogP) is 6.24. The summed E-state index contributed by atoms with van der Waals surface area (Å²) in [6.45, 7) is 3.21. The minimum Gasteiger partial charge on any atom is -0.486 e. The highest BCUT2D eigenvalue weighted by molar-refractivity contribution is 9.10. The Hall–Kier alpha value is -1.21. The van der Waals surface area contributed by atoms with Gasteiger partial charge in [-0.1, -0.05) is 57.0 Å². The van der Waals surface area contributed by atoms with Gasteiger partial charge in [0, 0.05) is 16.8 Å². The lowest BCUT2D eigenvalue weighted by Gasteiger charge is -2.09. The van der Waals surface area contributed by atoms with Crippen LogP contribution in [-0.4, -0.2) is 14.8 Å². The highest BCUT2D eigenvalue weighted by Crippen LogP contribution is 2.27. The summed E-state index contributed by atoms with van der Waals surface area (Å²) >= 11 is 17.1. The number of benzene rings is 2. The van der Waals surface area contributed by atoms with Crippen LogP contribution in [0.5, 0.6) is 5.75 Å². The van der Waals surface area contributed by atoms with Crippen LogP contribution >= 0.6 is 50.9 Å². The lowest BCUT2D eigenvalue weighted by molar-refractivity contribution is 0.288. The van der Waals surface area contributed by atoms with E-state index >= 15 is 0 Å². The van der Waals surface area contributed by atoms with E-state index in [4.69, 9.17) is 27.9 Å². The number of aromatic nitrogens is 3. The molecule has 1 heterocycles. The van der Waals surface area contributed by atoms with Crippen molar-refractivity contribution in [2.45, 2.75) is 31.0 Å². The van der Waals surface area contributed by atoms with Crippen molar-refractivity contribution < 1.29 is 4.74 Å². The van der Waals surface area contributed by atoms with Crippen molar-refractivity contribution in [3.63, 3.8) is 0 Å². The Morgan fingerprint density at radius 3 is 2.54 bits per heavy atom. The van der Waals surface area contributed by atoms with Crippen molar-refractivity contribution in [1.82, 2.24) is 14.8 Å². The molecule has 0 atom stereocenters. The standard InChI is InChI=1S/C18H16BrCl2N3OS/c1-2-24-17(10-25-14-6-4-13(19)5-7-14)22-23-18(24)26-11-12-3-8-15(20)16(21)9-12/h3-9H,2,10-11H2,1H3. The van der Waals surface area contributed by atoms with Crippen LogP contribution in [0.2, 0.25) is 10.0 Å².